The van der Waals surface area contributed by atoms with Gasteiger partial charge in [0.15, 0.2) is 5.57 Å². The number of aromatic nitrogens is 1. The van der Waals surface area contributed by atoms with Gasteiger partial charge in [-0.3, -0.25) is 14.2 Å². The summed E-state index contributed by atoms with van der Waals surface area (Å²) in [4.78, 5) is 26.8. The molecule has 0 spiro atoms. The molecular formula is C29H16Cl3N3O3S. The highest BCUT2D eigenvalue weighted by molar-refractivity contribution is 7.07. The van der Waals surface area contributed by atoms with Crippen molar-refractivity contribution in [1.29, 1.82) is 5.26 Å². The summed E-state index contributed by atoms with van der Waals surface area (Å²) >= 11 is 19.4. The van der Waals surface area contributed by atoms with Crippen molar-refractivity contribution in [3.63, 3.8) is 0 Å². The van der Waals surface area contributed by atoms with E-state index < -0.39 is 11.5 Å². The molecule has 0 saturated heterocycles. The molecule has 0 saturated carbocycles. The second kappa shape index (κ2) is 11.4. The van der Waals surface area contributed by atoms with Crippen molar-refractivity contribution >= 4 is 69.4 Å². The molecule has 10 heteroatoms. The molecule has 2 aromatic heterocycles. The predicted octanol–water partition coefficient (Wildman–Crippen LogP) is 6.26. The van der Waals surface area contributed by atoms with Crippen LogP contribution in [0.4, 0.5) is 5.69 Å². The van der Waals surface area contributed by atoms with E-state index in [2.05, 4.69) is 5.32 Å². The number of nitrogens with zero attached hydrogens (tertiary/aromatic N) is 2. The van der Waals surface area contributed by atoms with Crippen molar-refractivity contribution in [3.05, 3.63) is 125 Å². The van der Waals surface area contributed by atoms with Crippen LogP contribution in [0.25, 0.3) is 28.7 Å². The van der Waals surface area contributed by atoms with Gasteiger partial charge in [-0.25, -0.2) is 0 Å². The number of rotatable bonds is 5. The van der Waals surface area contributed by atoms with Gasteiger partial charge < -0.3 is 9.73 Å². The number of benzene rings is 3. The van der Waals surface area contributed by atoms with Crippen LogP contribution in [0.15, 0.2) is 94.1 Å². The maximum Gasteiger partial charge on any atom is 0.273 e. The molecule has 0 aliphatic rings. The van der Waals surface area contributed by atoms with E-state index in [-0.39, 0.29) is 14.8 Å². The average molecular weight is 593 g/mol. The lowest BCUT2D eigenvalue weighted by Gasteiger charge is -2.06. The largest absolute Gasteiger partial charge is 0.457 e. The van der Waals surface area contributed by atoms with Crippen LogP contribution in [0.2, 0.25) is 15.1 Å². The molecule has 0 unspecified atom stereocenters. The van der Waals surface area contributed by atoms with E-state index in [1.165, 1.54) is 22.8 Å². The lowest BCUT2D eigenvalue weighted by Crippen LogP contribution is -2.32. The van der Waals surface area contributed by atoms with Crippen molar-refractivity contribution in [2.45, 2.75) is 0 Å². The van der Waals surface area contributed by atoms with Gasteiger partial charge in [0.2, 0.25) is 0 Å². The van der Waals surface area contributed by atoms with Crippen LogP contribution < -0.4 is 20.1 Å². The first kappa shape index (κ1) is 26.5. The molecule has 5 rings (SSSR count). The molecule has 39 heavy (non-hydrogen) atoms. The van der Waals surface area contributed by atoms with Gasteiger partial charge in [-0.05, 0) is 54.6 Å². The molecule has 6 nitrogen and oxygen atoms in total. The zero-order valence-electron chi connectivity index (χ0n) is 19.8. The van der Waals surface area contributed by atoms with E-state index in [0.29, 0.717) is 43.5 Å². The van der Waals surface area contributed by atoms with Gasteiger partial charge in [-0.15, -0.1) is 11.3 Å². The highest BCUT2D eigenvalue weighted by Crippen LogP contribution is 2.29. The maximum absolute atomic E-state index is 13.6. The van der Waals surface area contributed by atoms with Crippen LogP contribution >= 0.6 is 46.1 Å². The van der Waals surface area contributed by atoms with Crippen molar-refractivity contribution in [1.82, 2.24) is 4.57 Å². The van der Waals surface area contributed by atoms with E-state index >= 15 is 0 Å². The van der Waals surface area contributed by atoms with Gasteiger partial charge in [-0.2, -0.15) is 5.26 Å². The first-order chi connectivity index (χ1) is 18.8. The molecule has 0 radical (unpaired) electrons. The Bertz CT molecular complexity index is 1920. The van der Waals surface area contributed by atoms with E-state index in [4.69, 9.17) is 39.2 Å². The fraction of sp³-hybridized carbons (Fsp3) is 0. The Morgan fingerprint density at radius 2 is 1.64 bits per heavy atom. The minimum atomic E-state index is -0.715. The second-order valence-electron chi connectivity index (χ2n) is 8.17. The fourth-order valence-electron chi connectivity index (χ4n) is 3.84. The predicted molar refractivity (Wildman–Crippen MR) is 156 cm³/mol. The molecule has 0 aliphatic heterocycles. The van der Waals surface area contributed by atoms with E-state index in [9.17, 15) is 14.9 Å². The van der Waals surface area contributed by atoms with Crippen molar-refractivity contribution in [3.8, 4) is 23.1 Å². The quantitative estimate of drug-likeness (QED) is 0.261. The Morgan fingerprint density at radius 1 is 0.949 bits per heavy atom. The topological polar surface area (TPSA) is 88.0 Å². The third-order valence-electron chi connectivity index (χ3n) is 5.55. The molecule has 1 amide bonds. The van der Waals surface area contributed by atoms with Gasteiger partial charge >= 0.3 is 0 Å². The number of carbonyl (C=O) groups is 1. The SMILES string of the molecule is N#CC(C(=O)Nc1cc(Cl)cc(Cl)c1)=c1sc(=Cc2ccc(-c3ccccc3Cl)o2)c(=O)n1-c1ccccc1. The number of hydrogen-bond acceptors (Lipinski definition) is 5. The summed E-state index contributed by atoms with van der Waals surface area (Å²) < 4.78 is 7.69. The summed E-state index contributed by atoms with van der Waals surface area (Å²) in [5.41, 5.74) is 0.849. The van der Waals surface area contributed by atoms with Crippen molar-refractivity contribution in [2.75, 3.05) is 5.32 Å². The van der Waals surface area contributed by atoms with Crippen LogP contribution in [0.5, 0.6) is 0 Å². The first-order valence-electron chi connectivity index (χ1n) is 11.4. The molecular weight excluding hydrogens is 577 g/mol. The standard InChI is InChI=1S/C29H16Cl3N3O3S/c30-17-12-18(31)14-19(13-17)34-27(36)23(16-33)29-35(20-6-2-1-3-7-20)28(37)26(39-29)15-21-10-11-25(38-21)22-8-4-5-9-24(22)32/h1-15H,(H,34,36). The van der Waals surface area contributed by atoms with E-state index in [1.807, 2.05) is 24.3 Å². The number of nitrogens with one attached hydrogen (secondary N) is 1. The number of amides is 1. The molecule has 0 aliphatic carbocycles. The van der Waals surface area contributed by atoms with Crippen LogP contribution in [0.3, 0.4) is 0 Å². The Kier molecular flexibility index (Phi) is 7.73. The van der Waals surface area contributed by atoms with Gasteiger partial charge in [0, 0.05) is 27.4 Å². The maximum atomic E-state index is 13.6. The fourth-order valence-corrected chi connectivity index (χ4v) is 5.68. The number of hydrogen-bond donors (Lipinski definition) is 1. The number of furan rings is 1. The number of nitriles is 1. The number of anilines is 1. The summed E-state index contributed by atoms with van der Waals surface area (Å²) in [6.07, 6.45) is 1.57. The van der Waals surface area contributed by atoms with Crippen LogP contribution in [-0.2, 0) is 4.79 Å². The monoisotopic (exact) mass is 591 g/mol. The molecule has 2 heterocycles. The molecule has 0 bridgehead atoms. The van der Waals surface area contributed by atoms with E-state index in [1.54, 1.807) is 54.6 Å². The molecule has 192 valence electrons. The normalized spacial score (nSPS) is 12.2. The Hall–Kier alpha value is -4.06. The number of para-hydroxylation sites is 1. The number of carbonyl (C=O) groups excluding carboxylic acids is 1. The van der Waals surface area contributed by atoms with Crippen LogP contribution in [0, 0.1) is 11.3 Å². The summed E-state index contributed by atoms with van der Waals surface area (Å²) in [6.45, 7) is 0. The average Bonchev–Trinajstić information content (AvgIpc) is 3.49. The summed E-state index contributed by atoms with van der Waals surface area (Å²) in [5.74, 6) is 0.231. The summed E-state index contributed by atoms with van der Waals surface area (Å²) in [6, 6.07) is 26.0. The molecule has 1 N–H and O–H groups in total. The van der Waals surface area contributed by atoms with Crippen LogP contribution in [0.1, 0.15) is 5.76 Å². The Balaban J connectivity index is 1.67. The highest BCUT2D eigenvalue weighted by Gasteiger charge is 2.18. The van der Waals surface area contributed by atoms with Gasteiger partial charge in [-0.1, -0.05) is 65.1 Å². The zero-order chi connectivity index (χ0) is 27.5. The third kappa shape index (κ3) is 5.70. The zero-order valence-corrected chi connectivity index (χ0v) is 22.9. The summed E-state index contributed by atoms with van der Waals surface area (Å²) in [5, 5.41) is 13.8. The lowest BCUT2D eigenvalue weighted by atomic mass is 10.2. The third-order valence-corrected chi connectivity index (χ3v) is 7.41. The Labute approximate surface area is 241 Å². The van der Waals surface area contributed by atoms with Crippen molar-refractivity contribution < 1.29 is 9.21 Å². The Morgan fingerprint density at radius 3 is 2.33 bits per heavy atom. The number of halogens is 3. The van der Waals surface area contributed by atoms with Gasteiger partial charge in [0.1, 0.15) is 22.3 Å². The van der Waals surface area contributed by atoms with E-state index in [0.717, 1.165) is 11.3 Å². The van der Waals surface area contributed by atoms with Crippen molar-refractivity contribution in [2.24, 2.45) is 0 Å². The van der Waals surface area contributed by atoms with Crippen LogP contribution in [-0.4, -0.2) is 10.5 Å². The second-order valence-corrected chi connectivity index (χ2v) is 10.5. The number of thiazole rings is 1. The minimum Gasteiger partial charge on any atom is -0.457 e. The smallest absolute Gasteiger partial charge is 0.273 e. The molecule has 5 aromatic rings. The molecule has 0 fully saturated rings. The molecule has 0 atom stereocenters. The molecule has 3 aromatic carbocycles. The highest BCUT2D eigenvalue weighted by atomic mass is 35.5. The van der Waals surface area contributed by atoms with Gasteiger partial charge in [0.25, 0.3) is 11.5 Å². The first-order valence-corrected chi connectivity index (χ1v) is 13.3. The lowest BCUT2D eigenvalue weighted by molar-refractivity contribution is -0.111. The minimum absolute atomic E-state index is 0.156. The van der Waals surface area contributed by atoms with Gasteiger partial charge in [0.05, 0.1) is 15.2 Å². The summed E-state index contributed by atoms with van der Waals surface area (Å²) in [7, 11) is 0.